The van der Waals surface area contributed by atoms with E-state index in [9.17, 15) is 13.2 Å². The Morgan fingerprint density at radius 2 is 0.806 bits per heavy atom. The first-order chi connectivity index (χ1) is 15.1. The molecule has 4 aromatic rings. The Morgan fingerprint density at radius 1 is 0.419 bits per heavy atom. The first-order valence-corrected chi connectivity index (χ1v) is 9.53. The van der Waals surface area contributed by atoms with Crippen LogP contribution in [0.2, 0.25) is 0 Å². The third-order valence-electron chi connectivity index (χ3n) is 4.57. The molecule has 0 aliphatic rings. The molecule has 0 heterocycles. The lowest BCUT2D eigenvalue weighted by atomic mass is 9.94. The largest absolute Gasteiger partial charge is 0.207 e. The summed E-state index contributed by atoms with van der Waals surface area (Å²) in [7, 11) is 0. The Morgan fingerprint density at radius 3 is 1.23 bits per heavy atom. The third kappa shape index (κ3) is 5.04. The number of rotatable bonds is 1. The highest BCUT2D eigenvalue weighted by Crippen LogP contribution is 2.27. The van der Waals surface area contributed by atoms with Crippen molar-refractivity contribution in [3.63, 3.8) is 0 Å². The van der Waals surface area contributed by atoms with Crippen LogP contribution >= 0.6 is 0 Å². The molecular formula is C28H15F3. The summed E-state index contributed by atoms with van der Waals surface area (Å²) < 4.78 is 39.8. The summed E-state index contributed by atoms with van der Waals surface area (Å²) in [4.78, 5) is 0. The SMILES string of the molecule is Fc1ccc(C#Cc2cccc(C#Cc3ccc(F)cc3)c2-c2ccc(F)cc2)cc1. The Kier molecular flexibility index (Phi) is 5.88. The zero-order valence-corrected chi connectivity index (χ0v) is 16.3. The summed E-state index contributed by atoms with van der Waals surface area (Å²) in [5.41, 5.74) is 4.31. The summed E-state index contributed by atoms with van der Waals surface area (Å²) in [6, 6.07) is 23.6. The highest BCUT2D eigenvalue weighted by molar-refractivity contribution is 5.78. The van der Waals surface area contributed by atoms with Gasteiger partial charge < -0.3 is 0 Å². The van der Waals surface area contributed by atoms with E-state index in [0.717, 1.165) is 11.1 Å². The van der Waals surface area contributed by atoms with Crippen molar-refractivity contribution in [1.29, 1.82) is 0 Å². The summed E-state index contributed by atoms with van der Waals surface area (Å²) in [5, 5.41) is 0. The first kappa shape index (κ1) is 20.1. The van der Waals surface area contributed by atoms with Gasteiger partial charge in [-0.2, -0.15) is 0 Å². The van der Waals surface area contributed by atoms with Gasteiger partial charge in [-0.05, 0) is 78.4 Å². The van der Waals surface area contributed by atoms with Gasteiger partial charge in [-0.3, -0.25) is 0 Å². The molecule has 0 aliphatic carbocycles. The number of hydrogen-bond acceptors (Lipinski definition) is 0. The van der Waals surface area contributed by atoms with Crippen LogP contribution in [0, 0.1) is 41.1 Å². The van der Waals surface area contributed by atoms with E-state index in [1.54, 1.807) is 36.4 Å². The molecule has 0 saturated heterocycles. The molecule has 0 nitrogen and oxygen atoms in total. The quantitative estimate of drug-likeness (QED) is 0.313. The molecule has 0 aliphatic heterocycles. The predicted molar refractivity (Wildman–Crippen MR) is 117 cm³/mol. The van der Waals surface area contributed by atoms with Crippen LogP contribution in [-0.4, -0.2) is 0 Å². The Balaban J connectivity index is 1.82. The molecule has 148 valence electrons. The number of halogens is 3. The molecule has 0 atom stereocenters. The van der Waals surface area contributed by atoms with Crippen molar-refractivity contribution in [2.24, 2.45) is 0 Å². The minimum absolute atomic E-state index is 0.324. The second-order valence-electron chi connectivity index (χ2n) is 6.75. The van der Waals surface area contributed by atoms with Crippen molar-refractivity contribution in [2.75, 3.05) is 0 Å². The minimum Gasteiger partial charge on any atom is -0.207 e. The summed E-state index contributed by atoms with van der Waals surface area (Å²) >= 11 is 0. The molecule has 4 rings (SSSR count). The maximum Gasteiger partial charge on any atom is 0.123 e. The molecule has 0 bridgehead atoms. The lowest BCUT2D eigenvalue weighted by Gasteiger charge is -2.08. The zero-order chi connectivity index (χ0) is 21.6. The fraction of sp³-hybridized carbons (Fsp3) is 0. The molecule has 31 heavy (non-hydrogen) atoms. The van der Waals surface area contributed by atoms with Gasteiger partial charge in [0.15, 0.2) is 0 Å². The van der Waals surface area contributed by atoms with Crippen molar-refractivity contribution >= 4 is 0 Å². The smallest absolute Gasteiger partial charge is 0.123 e. The maximum absolute atomic E-state index is 13.5. The van der Waals surface area contributed by atoms with Crippen molar-refractivity contribution in [1.82, 2.24) is 0 Å². The Labute approximate surface area is 179 Å². The Bertz CT molecular complexity index is 1250. The van der Waals surface area contributed by atoms with E-state index in [1.807, 2.05) is 18.2 Å². The maximum atomic E-state index is 13.5. The zero-order valence-electron chi connectivity index (χ0n) is 16.3. The van der Waals surface area contributed by atoms with Crippen LogP contribution < -0.4 is 0 Å². The van der Waals surface area contributed by atoms with Gasteiger partial charge in [0.25, 0.3) is 0 Å². The van der Waals surface area contributed by atoms with E-state index in [1.165, 1.54) is 36.4 Å². The second-order valence-corrected chi connectivity index (χ2v) is 6.75. The van der Waals surface area contributed by atoms with Gasteiger partial charge in [0.2, 0.25) is 0 Å². The first-order valence-electron chi connectivity index (χ1n) is 9.53. The fourth-order valence-corrected chi connectivity index (χ4v) is 3.03. The van der Waals surface area contributed by atoms with Crippen molar-refractivity contribution < 1.29 is 13.2 Å². The molecule has 0 radical (unpaired) electrons. The van der Waals surface area contributed by atoms with E-state index < -0.39 is 0 Å². The van der Waals surface area contributed by atoms with Crippen LogP contribution in [0.1, 0.15) is 22.3 Å². The molecule has 0 saturated carbocycles. The lowest BCUT2D eigenvalue weighted by molar-refractivity contribution is 0.627. The van der Waals surface area contributed by atoms with E-state index in [-0.39, 0.29) is 17.5 Å². The van der Waals surface area contributed by atoms with Gasteiger partial charge in [0, 0.05) is 27.8 Å². The predicted octanol–water partition coefficient (Wildman–Crippen LogP) is 6.57. The van der Waals surface area contributed by atoms with E-state index >= 15 is 0 Å². The normalized spacial score (nSPS) is 9.90. The summed E-state index contributed by atoms with van der Waals surface area (Å²) in [6.07, 6.45) is 0. The van der Waals surface area contributed by atoms with Gasteiger partial charge >= 0.3 is 0 Å². The molecule has 0 fully saturated rings. The van der Waals surface area contributed by atoms with Crippen LogP contribution in [0.3, 0.4) is 0 Å². The van der Waals surface area contributed by atoms with Crippen LogP contribution in [0.4, 0.5) is 13.2 Å². The molecule has 3 heteroatoms. The number of benzene rings is 4. The third-order valence-corrected chi connectivity index (χ3v) is 4.57. The van der Waals surface area contributed by atoms with E-state index in [4.69, 9.17) is 0 Å². The molecule has 0 unspecified atom stereocenters. The molecule has 0 amide bonds. The average Bonchev–Trinajstić information content (AvgIpc) is 2.79. The van der Waals surface area contributed by atoms with Crippen LogP contribution in [0.15, 0.2) is 91.0 Å². The molecule has 4 aromatic carbocycles. The molecule has 0 aromatic heterocycles. The average molecular weight is 408 g/mol. The van der Waals surface area contributed by atoms with Gasteiger partial charge in [-0.15, -0.1) is 0 Å². The highest BCUT2D eigenvalue weighted by Gasteiger charge is 2.09. The van der Waals surface area contributed by atoms with Gasteiger partial charge in [-0.1, -0.05) is 41.9 Å². The molecule has 0 N–H and O–H groups in total. The van der Waals surface area contributed by atoms with E-state index in [2.05, 4.69) is 23.7 Å². The Hall–Kier alpha value is -4.21. The van der Waals surface area contributed by atoms with Gasteiger partial charge in [0.1, 0.15) is 17.5 Å². The van der Waals surface area contributed by atoms with Crippen molar-refractivity contribution in [3.8, 4) is 34.8 Å². The van der Waals surface area contributed by atoms with Gasteiger partial charge in [0.05, 0.1) is 0 Å². The van der Waals surface area contributed by atoms with Crippen LogP contribution in [-0.2, 0) is 0 Å². The minimum atomic E-state index is -0.336. The lowest BCUT2D eigenvalue weighted by Crippen LogP contribution is -1.91. The van der Waals surface area contributed by atoms with Crippen LogP contribution in [0.5, 0.6) is 0 Å². The van der Waals surface area contributed by atoms with Gasteiger partial charge in [-0.25, -0.2) is 13.2 Å². The standard InChI is InChI=1S/C28H15F3/c29-25-14-6-20(7-15-25)4-10-22-2-1-3-23(11-5-21-8-16-26(30)17-9-21)28(22)24-12-18-27(31)19-13-24/h1-3,6-9,12-19H. The van der Waals surface area contributed by atoms with Crippen LogP contribution in [0.25, 0.3) is 11.1 Å². The molecule has 0 spiro atoms. The number of hydrogen-bond donors (Lipinski definition) is 0. The van der Waals surface area contributed by atoms with Crippen molar-refractivity contribution in [2.45, 2.75) is 0 Å². The fourth-order valence-electron chi connectivity index (χ4n) is 3.03. The topological polar surface area (TPSA) is 0 Å². The molecular weight excluding hydrogens is 393 g/mol. The summed E-state index contributed by atoms with van der Waals surface area (Å²) in [6.45, 7) is 0. The summed E-state index contributed by atoms with van der Waals surface area (Å²) in [5.74, 6) is 11.3. The van der Waals surface area contributed by atoms with Crippen molar-refractivity contribution in [3.05, 3.63) is 131 Å². The van der Waals surface area contributed by atoms with E-state index in [0.29, 0.717) is 22.3 Å². The highest BCUT2D eigenvalue weighted by atomic mass is 19.1. The second kappa shape index (κ2) is 9.08. The monoisotopic (exact) mass is 408 g/mol.